The molecule has 24 heavy (non-hydrogen) atoms. The van der Waals surface area contributed by atoms with Crippen molar-refractivity contribution in [2.45, 2.75) is 39.8 Å². The summed E-state index contributed by atoms with van der Waals surface area (Å²) in [7, 11) is 0. The van der Waals surface area contributed by atoms with E-state index in [9.17, 15) is 0 Å². The van der Waals surface area contributed by atoms with Crippen LogP contribution in [0.2, 0.25) is 0 Å². The fourth-order valence-corrected chi connectivity index (χ4v) is 2.88. The molecule has 5 nitrogen and oxygen atoms in total. The van der Waals surface area contributed by atoms with Gasteiger partial charge in [0, 0.05) is 25.7 Å². The number of aliphatic imine (C=N–C) groups is 1. The van der Waals surface area contributed by atoms with Gasteiger partial charge < -0.3 is 15.4 Å². The Bertz CT molecular complexity index is 507. The Kier molecular flexibility index (Phi) is 7.53. The Labute approximate surface area is 146 Å². The zero-order valence-corrected chi connectivity index (χ0v) is 15.5. The Morgan fingerprint density at radius 3 is 2.46 bits per heavy atom. The quantitative estimate of drug-likeness (QED) is 0.620. The Morgan fingerprint density at radius 2 is 1.88 bits per heavy atom. The second-order valence-electron chi connectivity index (χ2n) is 6.59. The van der Waals surface area contributed by atoms with E-state index in [1.165, 1.54) is 11.1 Å². The van der Waals surface area contributed by atoms with E-state index < -0.39 is 0 Å². The molecule has 1 fully saturated rings. The first-order valence-corrected chi connectivity index (χ1v) is 9.03. The van der Waals surface area contributed by atoms with Crippen LogP contribution in [0.1, 0.15) is 37.9 Å². The lowest BCUT2D eigenvalue weighted by Gasteiger charge is -2.34. The highest BCUT2D eigenvalue weighted by Gasteiger charge is 2.22. The van der Waals surface area contributed by atoms with Crippen molar-refractivity contribution < 1.29 is 4.74 Å². The first-order chi connectivity index (χ1) is 11.6. The molecular weight excluding hydrogens is 300 g/mol. The van der Waals surface area contributed by atoms with Crippen molar-refractivity contribution in [3.8, 4) is 0 Å². The maximum Gasteiger partial charge on any atom is 0.191 e. The van der Waals surface area contributed by atoms with Gasteiger partial charge in [-0.15, -0.1) is 0 Å². The molecule has 0 spiro atoms. The van der Waals surface area contributed by atoms with Gasteiger partial charge >= 0.3 is 0 Å². The predicted molar refractivity (Wildman–Crippen MR) is 101 cm³/mol. The van der Waals surface area contributed by atoms with Crippen LogP contribution >= 0.6 is 0 Å². The molecule has 134 valence electrons. The fourth-order valence-electron chi connectivity index (χ4n) is 2.88. The summed E-state index contributed by atoms with van der Waals surface area (Å²) in [5.41, 5.74) is 2.62. The third-order valence-corrected chi connectivity index (χ3v) is 4.14. The van der Waals surface area contributed by atoms with Gasteiger partial charge in [-0.2, -0.15) is 0 Å². The van der Waals surface area contributed by atoms with Gasteiger partial charge in [0.2, 0.25) is 0 Å². The molecule has 1 aromatic rings. The minimum atomic E-state index is 0.289. The van der Waals surface area contributed by atoms with Gasteiger partial charge in [-0.25, -0.2) is 0 Å². The fraction of sp³-hybridized carbons (Fsp3) is 0.632. The number of aryl methyl sites for hydroxylation is 1. The smallest absolute Gasteiger partial charge is 0.191 e. The van der Waals surface area contributed by atoms with Crippen LogP contribution in [0.5, 0.6) is 0 Å². The summed E-state index contributed by atoms with van der Waals surface area (Å²) in [6.45, 7) is 13.6. The molecule has 1 saturated heterocycles. The molecule has 2 rings (SSSR count). The zero-order valence-electron chi connectivity index (χ0n) is 15.5. The first-order valence-electron chi connectivity index (χ1n) is 9.03. The van der Waals surface area contributed by atoms with Crippen molar-refractivity contribution >= 4 is 5.96 Å². The summed E-state index contributed by atoms with van der Waals surface area (Å²) in [5.74, 6) is 0.887. The number of morpholine rings is 1. The molecule has 1 heterocycles. The number of guanidine groups is 1. The van der Waals surface area contributed by atoms with Crippen LogP contribution in [0.3, 0.4) is 0 Å². The third-order valence-electron chi connectivity index (χ3n) is 4.14. The van der Waals surface area contributed by atoms with Crippen molar-refractivity contribution in [1.29, 1.82) is 0 Å². The molecule has 5 heteroatoms. The average molecular weight is 332 g/mol. The van der Waals surface area contributed by atoms with Crippen LogP contribution in [0.15, 0.2) is 29.3 Å². The van der Waals surface area contributed by atoms with Crippen molar-refractivity contribution in [2.24, 2.45) is 4.99 Å². The molecule has 1 aromatic carbocycles. The summed E-state index contributed by atoms with van der Waals surface area (Å²) >= 11 is 0. The van der Waals surface area contributed by atoms with Crippen molar-refractivity contribution in [3.05, 3.63) is 35.4 Å². The topological polar surface area (TPSA) is 48.9 Å². The van der Waals surface area contributed by atoms with E-state index in [0.29, 0.717) is 6.04 Å². The number of hydrogen-bond donors (Lipinski definition) is 2. The SMILES string of the molecule is CCNC(=NCC(c1ccc(C)cc1)N1CCOCC1)NC(C)C. The second kappa shape index (κ2) is 9.64. The molecule has 2 N–H and O–H groups in total. The minimum Gasteiger partial charge on any atom is -0.379 e. The highest BCUT2D eigenvalue weighted by molar-refractivity contribution is 5.80. The van der Waals surface area contributed by atoms with E-state index in [0.717, 1.165) is 45.4 Å². The lowest BCUT2D eigenvalue weighted by molar-refractivity contribution is 0.0179. The number of hydrogen-bond acceptors (Lipinski definition) is 3. The summed E-state index contributed by atoms with van der Waals surface area (Å²) < 4.78 is 5.52. The molecule has 0 bridgehead atoms. The standard InChI is InChI=1S/C19H32N4O/c1-5-20-19(22-15(2)3)21-14-18(23-10-12-24-13-11-23)17-8-6-16(4)7-9-17/h6-9,15,18H,5,10-14H2,1-4H3,(H2,20,21,22). The molecule has 1 atom stereocenters. The third kappa shape index (κ3) is 5.80. The van der Waals surface area contributed by atoms with Crippen LogP contribution in [-0.4, -0.2) is 56.3 Å². The first kappa shape index (κ1) is 18.7. The number of rotatable bonds is 6. The molecule has 0 aromatic heterocycles. The molecule has 1 unspecified atom stereocenters. The summed E-state index contributed by atoms with van der Waals surface area (Å²) in [6, 6.07) is 9.48. The molecule has 1 aliphatic rings. The predicted octanol–water partition coefficient (Wildman–Crippen LogP) is 2.33. The largest absolute Gasteiger partial charge is 0.379 e. The summed E-state index contributed by atoms with van der Waals surface area (Å²) in [5, 5.41) is 6.72. The van der Waals surface area contributed by atoms with Gasteiger partial charge in [0.1, 0.15) is 0 Å². The van der Waals surface area contributed by atoms with E-state index in [1.54, 1.807) is 0 Å². The lowest BCUT2D eigenvalue weighted by Crippen LogP contribution is -2.43. The van der Waals surface area contributed by atoms with Gasteiger partial charge in [-0.3, -0.25) is 9.89 Å². The Hall–Kier alpha value is -1.59. The van der Waals surface area contributed by atoms with Crippen molar-refractivity contribution in [3.63, 3.8) is 0 Å². The number of nitrogens with one attached hydrogen (secondary N) is 2. The average Bonchev–Trinajstić information content (AvgIpc) is 2.57. The normalized spacial score (nSPS) is 17.8. The van der Waals surface area contributed by atoms with E-state index >= 15 is 0 Å². The highest BCUT2D eigenvalue weighted by atomic mass is 16.5. The molecular formula is C19H32N4O. The van der Waals surface area contributed by atoms with Crippen LogP contribution in [0.4, 0.5) is 0 Å². The van der Waals surface area contributed by atoms with Crippen LogP contribution in [0, 0.1) is 6.92 Å². The van der Waals surface area contributed by atoms with Crippen molar-refractivity contribution in [2.75, 3.05) is 39.4 Å². The summed E-state index contributed by atoms with van der Waals surface area (Å²) in [6.07, 6.45) is 0. The van der Waals surface area contributed by atoms with E-state index in [-0.39, 0.29) is 6.04 Å². The van der Waals surface area contributed by atoms with Crippen LogP contribution in [-0.2, 0) is 4.74 Å². The number of nitrogens with zero attached hydrogens (tertiary/aromatic N) is 2. The van der Waals surface area contributed by atoms with Crippen LogP contribution in [0.25, 0.3) is 0 Å². The summed E-state index contributed by atoms with van der Waals surface area (Å²) in [4.78, 5) is 7.32. The second-order valence-corrected chi connectivity index (χ2v) is 6.59. The van der Waals surface area contributed by atoms with Gasteiger partial charge in [0.15, 0.2) is 5.96 Å². The lowest BCUT2D eigenvalue weighted by atomic mass is 10.0. The molecule has 0 aliphatic carbocycles. The Morgan fingerprint density at radius 1 is 1.21 bits per heavy atom. The maximum absolute atomic E-state index is 5.52. The minimum absolute atomic E-state index is 0.289. The molecule has 0 radical (unpaired) electrons. The maximum atomic E-state index is 5.52. The highest BCUT2D eigenvalue weighted by Crippen LogP contribution is 2.22. The monoisotopic (exact) mass is 332 g/mol. The number of ether oxygens (including phenoxy) is 1. The van der Waals surface area contributed by atoms with Gasteiger partial charge in [0.25, 0.3) is 0 Å². The van der Waals surface area contributed by atoms with E-state index in [1.807, 2.05) is 0 Å². The number of benzene rings is 1. The molecule has 1 aliphatic heterocycles. The molecule has 0 saturated carbocycles. The van der Waals surface area contributed by atoms with Crippen LogP contribution < -0.4 is 10.6 Å². The zero-order chi connectivity index (χ0) is 17.4. The van der Waals surface area contributed by atoms with Crippen molar-refractivity contribution in [1.82, 2.24) is 15.5 Å². The molecule has 0 amide bonds. The van der Waals surface area contributed by atoms with E-state index in [4.69, 9.17) is 9.73 Å². The van der Waals surface area contributed by atoms with Gasteiger partial charge in [0.05, 0.1) is 25.8 Å². The van der Waals surface area contributed by atoms with Gasteiger partial charge in [-0.1, -0.05) is 29.8 Å². The van der Waals surface area contributed by atoms with E-state index in [2.05, 4.69) is 67.5 Å². The van der Waals surface area contributed by atoms with Gasteiger partial charge in [-0.05, 0) is 33.3 Å². The Balaban J connectivity index is 2.16.